The number of nitrogens with zero attached hydrogens (tertiary/aromatic N) is 1. The Hall–Kier alpha value is -3.11. The van der Waals surface area contributed by atoms with Crippen LogP contribution in [0.4, 0.5) is 5.69 Å². The molecule has 29 heavy (non-hydrogen) atoms. The number of para-hydroxylation sites is 1. The molecule has 0 radical (unpaired) electrons. The van der Waals surface area contributed by atoms with Gasteiger partial charge in [-0.1, -0.05) is 60.7 Å². The Morgan fingerprint density at radius 3 is 2.24 bits per heavy atom. The van der Waals surface area contributed by atoms with E-state index >= 15 is 0 Å². The van der Waals surface area contributed by atoms with E-state index in [1.54, 1.807) is 7.11 Å². The van der Waals surface area contributed by atoms with Crippen LogP contribution >= 0.6 is 0 Å². The lowest BCUT2D eigenvalue weighted by molar-refractivity contribution is -0.122. The number of methoxy groups -OCH3 is 1. The lowest BCUT2D eigenvalue weighted by atomic mass is 9.86. The second kappa shape index (κ2) is 6.19. The van der Waals surface area contributed by atoms with Crippen LogP contribution in [0.15, 0.2) is 78.9 Å². The van der Waals surface area contributed by atoms with Gasteiger partial charge in [0.2, 0.25) is 5.91 Å². The third-order valence-electron chi connectivity index (χ3n) is 6.27. The molecule has 2 aliphatic rings. The first-order valence-electron chi connectivity index (χ1n) is 9.91. The van der Waals surface area contributed by atoms with E-state index in [4.69, 9.17) is 4.74 Å². The molecule has 0 aromatic heterocycles. The van der Waals surface area contributed by atoms with E-state index in [9.17, 15) is 4.79 Å². The number of benzene rings is 3. The van der Waals surface area contributed by atoms with Gasteiger partial charge in [-0.05, 0) is 48.7 Å². The molecule has 4 heteroatoms. The summed E-state index contributed by atoms with van der Waals surface area (Å²) >= 11 is 0. The molecule has 4 nitrogen and oxygen atoms in total. The summed E-state index contributed by atoms with van der Waals surface area (Å²) in [5.74, 6) is 0.912. The topological polar surface area (TPSA) is 51.5 Å². The largest absolute Gasteiger partial charge is 0.497 e. The molecule has 2 heterocycles. The van der Waals surface area contributed by atoms with Gasteiger partial charge in [-0.3, -0.25) is 15.0 Å². The van der Waals surface area contributed by atoms with Crippen LogP contribution in [-0.2, 0) is 15.9 Å². The highest BCUT2D eigenvalue weighted by molar-refractivity contribution is 6.09. The molecular weight excluding hydrogens is 360 g/mol. The predicted octanol–water partition coefficient (Wildman–Crippen LogP) is 4.52. The zero-order chi connectivity index (χ0) is 20.2. The minimum atomic E-state index is -0.616. The van der Waals surface area contributed by atoms with Crippen LogP contribution < -0.4 is 15.0 Å². The van der Waals surface area contributed by atoms with Crippen LogP contribution in [0, 0.1) is 0 Å². The van der Waals surface area contributed by atoms with E-state index < -0.39 is 11.1 Å². The van der Waals surface area contributed by atoms with E-state index in [1.807, 2.05) is 61.2 Å². The number of hydrogen-bond donors (Lipinski definition) is 1. The summed E-state index contributed by atoms with van der Waals surface area (Å²) < 4.78 is 5.35. The second-order valence-corrected chi connectivity index (χ2v) is 8.27. The first kappa shape index (κ1) is 18.0. The van der Waals surface area contributed by atoms with Crippen LogP contribution in [0.2, 0.25) is 0 Å². The van der Waals surface area contributed by atoms with Gasteiger partial charge in [0.1, 0.15) is 11.4 Å². The molecule has 3 aromatic carbocycles. The Bertz CT molecular complexity index is 1080. The number of ether oxygens (including phenoxy) is 1. The van der Waals surface area contributed by atoms with Crippen LogP contribution in [0.25, 0.3) is 0 Å². The van der Waals surface area contributed by atoms with Crippen molar-refractivity contribution in [2.75, 3.05) is 12.0 Å². The highest BCUT2D eigenvalue weighted by Crippen LogP contribution is 2.57. The molecule has 2 atom stereocenters. The summed E-state index contributed by atoms with van der Waals surface area (Å²) in [7, 11) is 1.66. The average molecular weight is 384 g/mol. The molecule has 1 saturated heterocycles. The molecule has 1 fully saturated rings. The number of fused-ring (bicyclic) bond motifs is 1. The Balaban J connectivity index is 1.69. The van der Waals surface area contributed by atoms with Gasteiger partial charge in [0.05, 0.1) is 24.3 Å². The van der Waals surface area contributed by atoms with Crippen LogP contribution in [0.5, 0.6) is 5.75 Å². The summed E-state index contributed by atoms with van der Waals surface area (Å²) in [6.45, 7) is 4.02. The molecule has 3 aromatic rings. The van der Waals surface area contributed by atoms with Crippen molar-refractivity contribution in [3.05, 3.63) is 95.6 Å². The molecule has 0 aliphatic carbocycles. The molecule has 2 aliphatic heterocycles. The van der Waals surface area contributed by atoms with E-state index in [-0.39, 0.29) is 11.9 Å². The first-order valence-corrected chi connectivity index (χ1v) is 9.91. The number of hydrogen-bond acceptors (Lipinski definition) is 3. The molecule has 1 N–H and O–H groups in total. The van der Waals surface area contributed by atoms with Crippen LogP contribution in [0.1, 0.15) is 36.6 Å². The molecule has 146 valence electrons. The van der Waals surface area contributed by atoms with Crippen molar-refractivity contribution >= 4 is 11.6 Å². The van der Waals surface area contributed by atoms with Crippen LogP contribution in [0.3, 0.4) is 0 Å². The summed E-state index contributed by atoms with van der Waals surface area (Å²) in [4.78, 5) is 15.7. The maximum absolute atomic E-state index is 13.7. The van der Waals surface area contributed by atoms with Crippen molar-refractivity contribution in [1.82, 2.24) is 5.32 Å². The van der Waals surface area contributed by atoms with Crippen molar-refractivity contribution < 1.29 is 9.53 Å². The zero-order valence-corrected chi connectivity index (χ0v) is 16.8. The normalized spacial score (nSPS) is 24.3. The van der Waals surface area contributed by atoms with Gasteiger partial charge in [-0.15, -0.1) is 0 Å². The maximum atomic E-state index is 13.7. The van der Waals surface area contributed by atoms with E-state index in [0.717, 1.165) is 22.6 Å². The third-order valence-corrected chi connectivity index (χ3v) is 6.27. The second-order valence-electron chi connectivity index (χ2n) is 8.27. The van der Waals surface area contributed by atoms with Crippen molar-refractivity contribution in [3.8, 4) is 5.75 Å². The van der Waals surface area contributed by atoms with Gasteiger partial charge in [0.25, 0.3) is 0 Å². The van der Waals surface area contributed by atoms with E-state index in [0.29, 0.717) is 0 Å². The lowest BCUT2D eigenvalue weighted by Crippen LogP contribution is -2.45. The summed E-state index contributed by atoms with van der Waals surface area (Å²) in [6, 6.07) is 26.5. The van der Waals surface area contributed by atoms with Gasteiger partial charge in [0.15, 0.2) is 0 Å². The molecule has 0 spiro atoms. The lowest BCUT2D eigenvalue weighted by Gasteiger charge is -2.30. The number of amides is 1. The minimum Gasteiger partial charge on any atom is -0.497 e. The predicted molar refractivity (Wildman–Crippen MR) is 114 cm³/mol. The first-order chi connectivity index (χ1) is 14.0. The Kier molecular flexibility index (Phi) is 3.83. The van der Waals surface area contributed by atoms with Crippen LogP contribution in [-0.4, -0.2) is 13.0 Å². The summed E-state index contributed by atoms with van der Waals surface area (Å²) in [5, 5.41) is 3.67. The SMILES string of the molecule is COc1ccc([C@@]2(N3C(=O)C(C)(C)c4ccccc43)N[C@H]2c2ccccc2)cc1. The summed E-state index contributed by atoms with van der Waals surface area (Å²) in [5.41, 5.74) is 3.07. The van der Waals surface area contributed by atoms with Crippen molar-refractivity contribution in [2.45, 2.75) is 31.0 Å². The van der Waals surface area contributed by atoms with Crippen molar-refractivity contribution in [2.24, 2.45) is 0 Å². The number of carbonyl (C=O) groups excluding carboxylic acids is 1. The van der Waals surface area contributed by atoms with E-state index in [2.05, 4.69) is 41.7 Å². The van der Waals surface area contributed by atoms with Gasteiger partial charge < -0.3 is 4.74 Å². The highest BCUT2D eigenvalue weighted by atomic mass is 16.5. The fourth-order valence-electron chi connectivity index (χ4n) is 4.62. The van der Waals surface area contributed by atoms with Gasteiger partial charge in [0, 0.05) is 0 Å². The standard InChI is InChI=1S/C25H24N2O2/c1-24(2)20-11-7-8-12-21(20)27(23(24)28)25(18-13-15-19(29-3)16-14-18)22(26-25)17-9-5-4-6-10-17/h4-16,22,26H,1-3H3/t22-,25-/m0/s1. The molecular formula is C25H24N2O2. The van der Waals surface area contributed by atoms with Crippen molar-refractivity contribution in [3.63, 3.8) is 0 Å². The van der Waals surface area contributed by atoms with E-state index in [1.165, 1.54) is 5.56 Å². The quantitative estimate of drug-likeness (QED) is 0.673. The molecule has 0 bridgehead atoms. The monoisotopic (exact) mass is 384 g/mol. The Morgan fingerprint density at radius 2 is 1.55 bits per heavy atom. The average Bonchev–Trinajstić information content (AvgIpc) is 3.47. The number of anilines is 1. The molecule has 5 rings (SSSR count). The fraction of sp³-hybridized carbons (Fsp3) is 0.240. The zero-order valence-electron chi connectivity index (χ0n) is 16.8. The van der Waals surface area contributed by atoms with Gasteiger partial charge in [-0.2, -0.15) is 0 Å². The highest BCUT2D eigenvalue weighted by Gasteiger charge is 2.65. The summed E-state index contributed by atoms with van der Waals surface area (Å²) in [6.07, 6.45) is 0. The van der Waals surface area contributed by atoms with Crippen molar-refractivity contribution in [1.29, 1.82) is 0 Å². The fourth-order valence-corrected chi connectivity index (χ4v) is 4.62. The molecule has 0 saturated carbocycles. The minimum absolute atomic E-state index is 0.0167. The smallest absolute Gasteiger partial charge is 0.239 e. The van der Waals surface area contributed by atoms with Gasteiger partial charge in [-0.25, -0.2) is 0 Å². The third kappa shape index (κ3) is 2.45. The molecule has 0 unspecified atom stereocenters. The molecule has 1 amide bonds. The number of nitrogens with one attached hydrogen (secondary N) is 1. The Morgan fingerprint density at radius 1 is 0.897 bits per heavy atom. The number of rotatable bonds is 4. The number of carbonyl (C=O) groups is 1. The van der Waals surface area contributed by atoms with Gasteiger partial charge >= 0.3 is 0 Å². The maximum Gasteiger partial charge on any atom is 0.239 e. The Labute approximate surface area is 171 Å².